The zero-order valence-corrected chi connectivity index (χ0v) is 16.0. The summed E-state index contributed by atoms with van der Waals surface area (Å²) in [4.78, 5) is 46.5. The van der Waals surface area contributed by atoms with Crippen LogP contribution in [-0.4, -0.2) is 59.1 Å². The van der Waals surface area contributed by atoms with E-state index in [1.54, 1.807) is 0 Å². The van der Waals surface area contributed by atoms with Gasteiger partial charge in [-0.1, -0.05) is 0 Å². The summed E-state index contributed by atoms with van der Waals surface area (Å²) in [5.41, 5.74) is 5.60. The highest BCUT2D eigenvalue weighted by Crippen LogP contribution is 2.36. The molecule has 0 saturated carbocycles. The van der Waals surface area contributed by atoms with Crippen LogP contribution in [0.3, 0.4) is 0 Å². The predicted octanol–water partition coefficient (Wildman–Crippen LogP) is -2.07. The van der Waals surface area contributed by atoms with E-state index in [1.165, 1.54) is 0 Å². The Balaban J connectivity index is 0. The molecule has 11 nitrogen and oxygen atoms in total. The van der Waals surface area contributed by atoms with E-state index in [1.807, 2.05) is 0 Å². The van der Waals surface area contributed by atoms with Crippen LogP contribution in [0.4, 0.5) is 0 Å². The van der Waals surface area contributed by atoms with Crippen molar-refractivity contribution in [1.82, 2.24) is 10.6 Å². The number of hydrogen-bond donors (Lipinski definition) is 4. The van der Waals surface area contributed by atoms with Crippen LogP contribution in [0, 0.1) is 0 Å². The Morgan fingerprint density at radius 1 is 1.16 bits per heavy atom. The fourth-order valence-corrected chi connectivity index (χ4v) is 3.38. The first-order valence-electron chi connectivity index (χ1n) is 6.28. The molecule has 1 aliphatic heterocycles. The van der Waals surface area contributed by atoms with Gasteiger partial charge in [-0.3, -0.25) is 9.59 Å². The summed E-state index contributed by atoms with van der Waals surface area (Å²) in [6.07, 6.45) is 0.0152. The Hall–Kier alpha value is -0.840. The Labute approximate surface area is 160 Å². The molecule has 1 saturated heterocycles. The number of nitrogens with one attached hydrogen (secondary N) is 2. The number of nitrogens with two attached hydrogens (primary N) is 1. The van der Waals surface area contributed by atoms with E-state index in [2.05, 4.69) is 23.3 Å². The minimum atomic E-state index is -0.974. The van der Waals surface area contributed by atoms with Gasteiger partial charge in [0.1, 0.15) is 40.8 Å². The molecule has 0 aromatic carbocycles. The van der Waals surface area contributed by atoms with Crippen LogP contribution < -0.4 is 16.4 Å². The van der Waals surface area contributed by atoms with E-state index in [0.29, 0.717) is 22.1 Å². The van der Waals surface area contributed by atoms with Gasteiger partial charge in [-0.2, -0.15) is 12.6 Å². The molecule has 1 heterocycles. The Bertz CT molecular complexity index is 469. The largest absolute Gasteiger partial charge is 0.412 e. The number of thiol groups is 1. The molecule has 2 amide bonds. The van der Waals surface area contributed by atoms with Crippen LogP contribution in [0.2, 0.25) is 0 Å². The van der Waals surface area contributed by atoms with E-state index in [9.17, 15) is 19.2 Å². The van der Waals surface area contributed by atoms with E-state index < -0.39 is 35.8 Å². The van der Waals surface area contributed by atoms with Gasteiger partial charge in [-0.15, -0.1) is 0 Å². The van der Waals surface area contributed by atoms with Crippen LogP contribution in [0.25, 0.3) is 0 Å². The molecule has 0 aromatic heterocycles. The lowest BCUT2D eigenvalue weighted by Crippen LogP contribution is -2.49. The van der Waals surface area contributed by atoms with Crippen molar-refractivity contribution in [1.29, 1.82) is 0 Å². The van der Waals surface area contributed by atoms with Gasteiger partial charge in [0.15, 0.2) is 0 Å². The highest BCUT2D eigenvalue weighted by atomic mass is 33.5. The Morgan fingerprint density at radius 3 is 2.44 bits per heavy atom. The summed E-state index contributed by atoms with van der Waals surface area (Å²) in [5, 5.41) is 4.78. The van der Waals surface area contributed by atoms with Crippen molar-refractivity contribution in [2.45, 2.75) is 24.9 Å². The van der Waals surface area contributed by atoms with Crippen LogP contribution in [0.1, 0.15) is 12.8 Å². The lowest BCUT2D eigenvalue weighted by atomic mass is 10.1. The fourth-order valence-electron chi connectivity index (χ4n) is 1.35. The number of carbonyl (C=O) groups is 4. The van der Waals surface area contributed by atoms with E-state index in [-0.39, 0.29) is 36.1 Å². The zero-order valence-electron chi connectivity index (χ0n) is 12.7. The minimum Gasteiger partial charge on any atom is -0.412 e. The number of rotatable bonds is 1. The molecule has 1 rings (SSSR count). The van der Waals surface area contributed by atoms with Crippen LogP contribution in [-0.2, 0) is 27.5 Å². The lowest BCUT2D eigenvalue weighted by Gasteiger charge is -2.17. The van der Waals surface area contributed by atoms with Crippen molar-refractivity contribution in [3.05, 3.63) is 0 Å². The third-order valence-corrected chi connectivity index (χ3v) is 5.23. The molecule has 25 heavy (non-hydrogen) atoms. The standard InChI is InChI=1S/C10H15N3O6S4.2H2O/c11-5-1-2-7(14)13-6(4-20)9(16)12-3-8(15)18-21-23-22-19-10(5)17;;/h5-6,20H,1-4,11H2,(H,12,16)(H,13,14);2*1H2. The van der Waals surface area contributed by atoms with Crippen LogP contribution >= 0.6 is 44.6 Å². The fraction of sp³-hybridized carbons (Fsp3) is 0.600. The lowest BCUT2D eigenvalue weighted by molar-refractivity contribution is -0.135. The van der Waals surface area contributed by atoms with Gasteiger partial charge in [0.2, 0.25) is 11.8 Å². The molecular formula is C10H19N3O8S4. The summed E-state index contributed by atoms with van der Waals surface area (Å²) >= 11 is 5.35. The normalized spacial score (nSPS) is 23.8. The van der Waals surface area contributed by atoms with Crippen molar-refractivity contribution in [2.75, 3.05) is 12.3 Å². The molecule has 15 heteroatoms. The maximum absolute atomic E-state index is 11.8. The molecule has 1 aliphatic rings. The maximum atomic E-state index is 11.8. The van der Waals surface area contributed by atoms with Gasteiger partial charge in [0.05, 0.1) is 9.83 Å². The average molecular weight is 438 g/mol. The second kappa shape index (κ2) is 14.3. The van der Waals surface area contributed by atoms with E-state index in [0.717, 1.165) is 9.83 Å². The van der Waals surface area contributed by atoms with Crippen molar-refractivity contribution >= 4 is 68.4 Å². The third kappa shape index (κ3) is 10.7. The summed E-state index contributed by atoms with van der Waals surface area (Å²) in [5.74, 6) is -2.38. The van der Waals surface area contributed by atoms with E-state index >= 15 is 0 Å². The van der Waals surface area contributed by atoms with Crippen LogP contribution in [0.5, 0.6) is 0 Å². The van der Waals surface area contributed by atoms with Gasteiger partial charge >= 0.3 is 11.9 Å². The predicted molar refractivity (Wildman–Crippen MR) is 98.2 cm³/mol. The van der Waals surface area contributed by atoms with Gasteiger partial charge < -0.3 is 35.7 Å². The molecule has 146 valence electrons. The summed E-state index contributed by atoms with van der Waals surface area (Å²) in [6, 6.07) is -1.88. The quantitative estimate of drug-likeness (QED) is 0.201. The van der Waals surface area contributed by atoms with Crippen molar-refractivity contribution in [3.8, 4) is 0 Å². The molecule has 0 aliphatic carbocycles. The zero-order chi connectivity index (χ0) is 17.2. The number of amides is 2. The summed E-state index contributed by atoms with van der Waals surface area (Å²) in [6.45, 7) is -0.359. The van der Waals surface area contributed by atoms with Gasteiger partial charge in [-0.05, 0) is 6.42 Å². The Kier molecular flexibility index (Phi) is 15.1. The molecular weight excluding hydrogens is 418 g/mol. The minimum absolute atomic E-state index is 0. The second-order valence-corrected chi connectivity index (χ2v) is 7.78. The molecule has 0 bridgehead atoms. The molecule has 1 fully saturated rings. The second-order valence-electron chi connectivity index (χ2n) is 4.23. The first-order chi connectivity index (χ1) is 10.9. The molecule has 0 aromatic rings. The first-order valence-corrected chi connectivity index (χ1v) is 10.2. The smallest absolute Gasteiger partial charge is 0.338 e. The van der Waals surface area contributed by atoms with Gasteiger partial charge in [0, 0.05) is 12.2 Å². The van der Waals surface area contributed by atoms with Crippen LogP contribution in [0.15, 0.2) is 0 Å². The topological polar surface area (TPSA) is 200 Å². The molecule has 0 radical (unpaired) electrons. The summed E-state index contributed by atoms with van der Waals surface area (Å²) < 4.78 is 9.49. The highest BCUT2D eigenvalue weighted by molar-refractivity contribution is 9.07. The van der Waals surface area contributed by atoms with E-state index in [4.69, 9.17) is 14.1 Å². The summed E-state index contributed by atoms with van der Waals surface area (Å²) in [7, 11) is 0.892. The van der Waals surface area contributed by atoms with Gasteiger partial charge in [-0.25, -0.2) is 9.59 Å². The van der Waals surface area contributed by atoms with Crippen molar-refractivity contribution < 1.29 is 38.5 Å². The SMILES string of the molecule is NC1CCC(=O)NC(CS)C(=O)NCC(=O)OSSSOC1=O.O.O. The molecule has 2 atom stereocenters. The van der Waals surface area contributed by atoms with Crippen molar-refractivity contribution in [2.24, 2.45) is 5.73 Å². The first kappa shape index (κ1) is 26.4. The Morgan fingerprint density at radius 2 is 1.80 bits per heavy atom. The highest BCUT2D eigenvalue weighted by Gasteiger charge is 2.23. The average Bonchev–Trinajstić information content (AvgIpc) is 2.53. The number of hydrogen-bond acceptors (Lipinski definition) is 11. The van der Waals surface area contributed by atoms with Gasteiger partial charge in [0.25, 0.3) is 0 Å². The third-order valence-electron chi connectivity index (χ3n) is 2.53. The number of carbonyl (C=O) groups excluding carboxylic acids is 4. The molecule has 0 spiro atoms. The molecule has 8 N–H and O–H groups in total. The monoisotopic (exact) mass is 437 g/mol. The molecule has 2 unspecified atom stereocenters. The van der Waals surface area contributed by atoms with Crippen molar-refractivity contribution in [3.63, 3.8) is 0 Å². The maximum Gasteiger partial charge on any atom is 0.338 e.